The standard InChI is InChI=1S/C19H15ClN4O/c20-17-6-2-3-14(11-17)19(25)24-9-7-23(8-10-24)18-15(12-21)4-1-5-16(18)13-22/h1-6,11H,7-10H2. The lowest BCUT2D eigenvalue weighted by atomic mass is 10.1. The van der Waals surface area contributed by atoms with E-state index in [-0.39, 0.29) is 5.91 Å². The summed E-state index contributed by atoms with van der Waals surface area (Å²) in [5.41, 5.74) is 2.18. The van der Waals surface area contributed by atoms with Gasteiger partial charge in [-0.15, -0.1) is 0 Å². The van der Waals surface area contributed by atoms with Crippen molar-refractivity contribution in [3.8, 4) is 12.1 Å². The lowest BCUT2D eigenvalue weighted by Gasteiger charge is -2.36. The fraction of sp³-hybridized carbons (Fsp3) is 0.211. The molecule has 1 amide bonds. The molecule has 0 bridgehead atoms. The molecule has 0 spiro atoms. The fourth-order valence-electron chi connectivity index (χ4n) is 3.00. The van der Waals surface area contributed by atoms with Crippen LogP contribution in [0, 0.1) is 22.7 Å². The zero-order chi connectivity index (χ0) is 17.8. The highest BCUT2D eigenvalue weighted by Crippen LogP contribution is 2.26. The Morgan fingerprint density at radius 1 is 0.960 bits per heavy atom. The first kappa shape index (κ1) is 16.8. The summed E-state index contributed by atoms with van der Waals surface area (Å²) in [7, 11) is 0. The Bertz CT molecular complexity index is 857. The SMILES string of the molecule is N#Cc1cccc(C#N)c1N1CCN(C(=O)c2cccc(Cl)c2)CC1. The van der Waals surface area contributed by atoms with Gasteiger partial charge in [-0.1, -0.05) is 23.7 Å². The summed E-state index contributed by atoms with van der Waals surface area (Å²) in [5, 5.41) is 19.2. The van der Waals surface area contributed by atoms with Crippen LogP contribution in [0.5, 0.6) is 0 Å². The van der Waals surface area contributed by atoms with Crippen LogP contribution >= 0.6 is 11.6 Å². The molecule has 124 valence electrons. The van der Waals surface area contributed by atoms with E-state index in [1.807, 2.05) is 4.90 Å². The number of piperazine rings is 1. The minimum Gasteiger partial charge on any atom is -0.366 e. The van der Waals surface area contributed by atoms with Gasteiger partial charge in [0.2, 0.25) is 0 Å². The number of rotatable bonds is 2. The van der Waals surface area contributed by atoms with Gasteiger partial charge in [0.25, 0.3) is 5.91 Å². The van der Waals surface area contributed by atoms with Gasteiger partial charge < -0.3 is 9.80 Å². The van der Waals surface area contributed by atoms with E-state index in [4.69, 9.17) is 11.6 Å². The van der Waals surface area contributed by atoms with Crippen LogP contribution in [0.1, 0.15) is 21.5 Å². The minimum atomic E-state index is -0.0591. The van der Waals surface area contributed by atoms with Crippen LogP contribution in [0.3, 0.4) is 0 Å². The Hall–Kier alpha value is -3.02. The molecule has 1 aliphatic rings. The van der Waals surface area contributed by atoms with Gasteiger partial charge in [0.1, 0.15) is 12.1 Å². The predicted molar refractivity (Wildman–Crippen MR) is 95.4 cm³/mol. The molecule has 1 fully saturated rings. The van der Waals surface area contributed by atoms with Crippen molar-refractivity contribution in [2.45, 2.75) is 0 Å². The van der Waals surface area contributed by atoms with E-state index < -0.39 is 0 Å². The average molecular weight is 351 g/mol. The molecule has 1 saturated heterocycles. The van der Waals surface area contributed by atoms with E-state index in [1.165, 1.54) is 0 Å². The van der Waals surface area contributed by atoms with E-state index in [9.17, 15) is 15.3 Å². The maximum absolute atomic E-state index is 12.6. The van der Waals surface area contributed by atoms with Crippen LogP contribution in [0.15, 0.2) is 42.5 Å². The Morgan fingerprint density at radius 2 is 1.56 bits per heavy atom. The summed E-state index contributed by atoms with van der Waals surface area (Å²) in [5.74, 6) is -0.0591. The van der Waals surface area contributed by atoms with Crippen LogP contribution in [0.4, 0.5) is 5.69 Å². The molecule has 0 aromatic heterocycles. The Labute approximate surface area is 151 Å². The summed E-state index contributed by atoms with van der Waals surface area (Å²) in [6.07, 6.45) is 0. The monoisotopic (exact) mass is 350 g/mol. The Kier molecular flexibility index (Phi) is 4.88. The van der Waals surface area contributed by atoms with E-state index in [2.05, 4.69) is 12.1 Å². The number of carbonyl (C=O) groups excluding carboxylic acids is 1. The van der Waals surface area contributed by atoms with Crippen LogP contribution in [0.2, 0.25) is 5.02 Å². The number of hydrogen-bond acceptors (Lipinski definition) is 4. The van der Waals surface area contributed by atoms with Crippen molar-refractivity contribution in [3.63, 3.8) is 0 Å². The average Bonchev–Trinajstić information content (AvgIpc) is 2.66. The molecule has 0 saturated carbocycles. The normalized spacial score (nSPS) is 13.9. The highest BCUT2D eigenvalue weighted by Gasteiger charge is 2.25. The van der Waals surface area contributed by atoms with Gasteiger partial charge in [-0.05, 0) is 30.3 Å². The molecule has 5 nitrogen and oxygen atoms in total. The number of nitriles is 2. The van der Waals surface area contributed by atoms with E-state index >= 15 is 0 Å². The summed E-state index contributed by atoms with van der Waals surface area (Å²) in [4.78, 5) is 16.4. The Balaban J connectivity index is 1.76. The van der Waals surface area contributed by atoms with Gasteiger partial charge in [0.05, 0.1) is 16.8 Å². The quantitative estimate of drug-likeness (QED) is 0.834. The van der Waals surface area contributed by atoms with Crippen molar-refractivity contribution in [1.82, 2.24) is 4.90 Å². The number of anilines is 1. The molecule has 25 heavy (non-hydrogen) atoms. The molecule has 1 aliphatic heterocycles. The molecule has 6 heteroatoms. The minimum absolute atomic E-state index is 0.0591. The van der Waals surface area contributed by atoms with Gasteiger partial charge in [-0.3, -0.25) is 4.79 Å². The third-order valence-corrected chi connectivity index (χ3v) is 4.47. The molecule has 2 aromatic carbocycles. The molecule has 1 heterocycles. The van der Waals surface area contributed by atoms with Gasteiger partial charge in [-0.2, -0.15) is 10.5 Å². The maximum Gasteiger partial charge on any atom is 0.254 e. The van der Waals surface area contributed by atoms with Crippen molar-refractivity contribution in [3.05, 3.63) is 64.2 Å². The molecule has 0 N–H and O–H groups in total. The lowest BCUT2D eigenvalue weighted by molar-refractivity contribution is 0.0747. The smallest absolute Gasteiger partial charge is 0.254 e. The number of para-hydroxylation sites is 1. The maximum atomic E-state index is 12.6. The van der Waals surface area contributed by atoms with E-state index in [0.29, 0.717) is 53.6 Å². The lowest BCUT2D eigenvalue weighted by Crippen LogP contribution is -2.49. The topological polar surface area (TPSA) is 71.1 Å². The van der Waals surface area contributed by atoms with E-state index in [0.717, 1.165) is 0 Å². The second kappa shape index (κ2) is 7.25. The number of benzene rings is 2. The summed E-state index contributed by atoms with van der Waals surface area (Å²) >= 11 is 5.96. The largest absolute Gasteiger partial charge is 0.366 e. The molecular formula is C19H15ClN4O. The van der Waals surface area contributed by atoms with Crippen molar-refractivity contribution >= 4 is 23.2 Å². The first-order chi connectivity index (χ1) is 12.1. The van der Waals surface area contributed by atoms with Gasteiger partial charge in [0, 0.05) is 36.8 Å². The van der Waals surface area contributed by atoms with Gasteiger partial charge >= 0.3 is 0 Å². The first-order valence-corrected chi connectivity index (χ1v) is 8.25. The summed E-state index contributed by atoms with van der Waals surface area (Å²) in [6, 6.07) is 16.3. The third kappa shape index (κ3) is 3.42. The van der Waals surface area contributed by atoms with Crippen molar-refractivity contribution in [1.29, 1.82) is 10.5 Å². The van der Waals surface area contributed by atoms with Crippen LogP contribution in [0.25, 0.3) is 0 Å². The Morgan fingerprint density at radius 3 is 2.12 bits per heavy atom. The molecule has 3 rings (SSSR count). The zero-order valence-corrected chi connectivity index (χ0v) is 14.2. The first-order valence-electron chi connectivity index (χ1n) is 7.87. The summed E-state index contributed by atoms with van der Waals surface area (Å²) in [6.45, 7) is 2.19. The van der Waals surface area contributed by atoms with Crippen molar-refractivity contribution in [2.75, 3.05) is 31.1 Å². The molecule has 0 unspecified atom stereocenters. The second-order valence-electron chi connectivity index (χ2n) is 5.71. The highest BCUT2D eigenvalue weighted by molar-refractivity contribution is 6.30. The van der Waals surface area contributed by atoms with Crippen LogP contribution < -0.4 is 4.90 Å². The fourth-order valence-corrected chi connectivity index (χ4v) is 3.19. The predicted octanol–water partition coefficient (Wildman–Crippen LogP) is 3.05. The van der Waals surface area contributed by atoms with Gasteiger partial charge in [0.15, 0.2) is 0 Å². The van der Waals surface area contributed by atoms with Crippen molar-refractivity contribution < 1.29 is 4.79 Å². The molecular weight excluding hydrogens is 336 g/mol. The highest BCUT2D eigenvalue weighted by atomic mass is 35.5. The molecule has 2 aromatic rings. The van der Waals surface area contributed by atoms with Crippen LogP contribution in [-0.4, -0.2) is 37.0 Å². The number of carbonyl (C=O) groups is 1. The molecule has 0 radical (unpaired) electrons. The number of nitrogens with zero attached hydrogens (tertiary/aromatic N) is 4. The van der Waals surface area contributed by atoms with Crippen molar-refractivity contribution in [2.24, 2.45) is 0 Å². The second-order valence-corrected chi connectivity index (χ2v) is 6.15. The van der Waals surface area contributed by atoms with E-state index in [1.54, 1.807) is 47.4 Å². The molecule has 0 atom stereocenters. The third-order valence-electron chi connectivity index (χ3n) is 4.23. The number of hydrogen-bond donors (Lipinski definition) is 0. The molecule has 0 aliphatic carbocycles. The number of halogens is 1. The van der Waals surface area contributed by atoms with Crippen LogP contribution in [-0.2, 0) is 0 Å². The number of amides is 1. The summed E-state index contributed by atoms with van der Waals surface area (Å²) < 4.78 is 0. The zero-order valence-electron chi connectivity index (χ0n) is 13.4. The van der Waals surface area contributed by atoms with Gasteiger partial charge in [-0.25, -0.2) is 0 Å².